The SMILES string of the molecule is CC(O)(Cc1ccc(F)cc1)c1occc1C(=O)O. The summed E-state index contributed by atoms with van der Waals surface area (Å²) in [4.78, 5) is 11.0. The zero-order chi connectivity index (χ0) is 14.0. The van der Waals surface area contributed by atoms with Crippen molar-refractivity contribution in [3.8, 4) is 0 Å². The van der Waals surface area contributed by atoms with Gasteiger partial charge in [-0.1, -0.05) is 12.1 Å². The quantitative estimate of drug-likeness (QED) is 0.890. The molecule has 1 heterocycles. The fourth-order valence-electron chi connectivity index (χ4n) is 1.97. The lowest BCUT2D eigenvalue weighted by molar-refractivity contribution is 0.0311. The predicted molar refractivity (Wildman–Crippen MR) is 65.3 cm³/mol. The summed E-state index contributed by atoms with van der Waals surface area (Å²) in [6.45, 7) is 1.46. The van der Waals surface area contributed by atoms with Crippen LogP contribution in [0.1, 0.15) is 28.6 Å². The van der Waals surface area contributed by atoms with Crippen LogP contribution >= 0.6 is 0 Å². The topological polar surface area (TPSA) is 70.7 Å². The standard InChI is InChI=1S/C14H13FO4/c1-14(18,8-9-2-4-10(15)5-3-9)12-11(13(16)17)6-7-19-12/h2-7,18H,8H2,1H3,(H,16,17). The first-order chi connectivity index (χ1) is 8.90. The summed E-state index contributed by atoms with van der Waals surface area (Å²) >= 11 is 0. The van der Waals surface area contributed by atoms with Crippen LogP contribution in [-0.4, -0.2) is 16.2 Å². The van der Waals surface area contributed by atoms with E-state index in [1.807, 2.05) is 0 Å². The van der Waals surface area contributed by atoms with Crippen molar-refractivity contribution in [1.82, 2.24) is 0 Å². The molecule has 0 radical (unpaired) electrons. The van der Waals surface area contributed by atoms with E-state index in [1.165, 1.54) is 43.5 Å². The number of benzene rings is 1. The second kappa shape index (κ2) is 4.85. The molecule has 2 rings (SSSR count). The van der Waals surface area contributed by atoms with Crippen molar-refractivity contribution in [2.24, 2.45) is 0 Å². The van der Waals surface area contributed by atoms with Crippen molar-refractivity contribution < 1.29 is 23.8 Å². The second-order valence-corrected chi connectivity index (χ2v) is 4.55. The van der Waals surface area contributed by atoms with Gasteiger partial charge in [-0.3, -0.25) is 0 Å². The summed E-state index contributed by atoms with van der Waals surface area (Å²) in [5.41, 5.74) is -0.874. The number of hydrogen-bond donors (Lipinski definition) is 2. The van der Waals surface area contributed by atoms with Crippen molar-refractivity contribution in [1.29, 1.82) is 0 Å². The molecule has 4 nitrogen and oxygen atoms in total. The van der Waals surface area contributed by atoms with E-state index in [0.717, 1.165) is 0 Å². The average molecular weight is 264 g/mol. The van der Waals surface area contributed by atoms with E-state index < -0.39 is 11.6 Å². The Kier molecular flexibility index (Phi) is 3.40. The van der Waals surface area contributed by atoms with Gasteiger partial charge in [0.05, 0.1) is 6.26 Å². The van der Waals surface area contributed by atoms with Gasteiger partial charge < -0.3 is 14.6 Å². The predicted octanol–water partition coefficient (Wildman–Crippen LogP) is 2.57. The van der Waals surface area contributed by atoms with Gasteiger partial charge in [0.1, 0.15) is 22.7 Å². The van der Waals surface area contributed by atoms with Gasteiger partial charge in [0.15, 0.2) is 0 Å². The minimum absolute atomic E-state index is 0.00988. The van der Waals surface area contributed by atoms with E-state index in [1.54, 1.807) is 0 Å². The molecule has 0 saturated carbocycles. The molecule has 0 bridgehead atoms. The summed E-state index contributed by atoms with van der Waals surface area (Å²) in [7, 11) is 0. The Morgan fingerprint density at radius 2 is 1.95 bits per heavy atom. The lowest BCUT2D eigenvalue weighted by Crippen LogP contribution is -2.26. The molecular formula is C14H13FO4. The highest BCUT2D eigenvalue weighted by Gasteiger charge is 2.32. The van der Waals surface area contributed by atoms with Gasteiger partial charge in [0, 0.05) is 6.42 Å². The number of carboxylic acid groups (broad SMARTS) is 1. The van der Waals surface area contributed by atoms with Gasteiger partial charge in [-0.15, -0.1) is 0 Å². The van der Waals surface area contributed by atoms with Crippen LogP contribution in [0.5, 0.6) is 0 Å². The summed E-state index contributed by atoms with van der Waals surface area (Å²) < 4.78 is 17.9. The first kappa shape index (κ1) is 13.3. The minimum Gasteiger partial charge on any atom is -0.478 e. The summed E-state index contributed by atoms with van der Waals surface area (Å²) in [6.07, 6.45) is 1.35. The monoisotopic (exact) mass is 264 g/mol. The first-order valence-corrected chi connectivity index (χ1v) is 5.68. The molecular weight excluding hydrogens is 251 g/mol. The molecule has 1 aromatic heterocycles. The smallest absolute Gasteiger partial charge is 0.339 e. The van der Waals surface area contributed by atoms with Gasteiger partial charge in [-0.25, -0.2) is 9.18 Å². The Labute approximate surface area is 109 Å². The number of carboxylic acids is 1. The molecule has 1 unspecified atom stereocenters. The normalized spacial score (nSPS) is 14.1. The Bertz CT molecular complexity index is 584. The first-order valence-electron chi connectivity index (χ1n) is 5.68. The molecule has 0 aliphatic carbocycles. The van der Waals surface area contributed by atoms with Crippen LogP contribution in [0.25, 0.3) is 0 Å². The maximum Gasteiger partial charge on any atom is 0.339 e. The molecule has 1 aromatic carbocycles. The second-order valence-electron chi connectivity index (χ2n) is 4.55. The van der Waals surface area contributed by atoms with Gasteiger partial charge in [0.25, 0.3) is 0 Å². The number of aliphatic hydroxyl groups is 1. The van der Waals surface area contributed by atoms with Crippen LogP contribution in [0.15, 0.2) is 41.0 Å². The Morgan fingerprint density at radius 1 is 1.32 bits per heavy atom. The third-order valence-corrected chi connectivity index (χ3v) is 2.85. The van der Waals surface area contributed by atoms with Crippen molar-refractivity contribution in [2.75, 3.05) is 0 Å². The van der Waals surface area contributed by atoms with Gasteiger partial charge in [0.2, 0.25) is 0 Å². The van der Waals surface area contributed by atoms with Crippen LogP contribution in [0.3, 0.4) is 0 Å². The molecule has 100 valence electrons. The molecule has 0 spiro atoms. The van der Waals surface area contributed by atoms with Crippen molar-refractivity contribution >= 4 is 5.97 Å². The van der Waals surface area contributed by atoms with Crippen molar-refractivity contribution in [3.63, 3.8) is 0 Å². The lowest BCUT2D eigenvalue weighted by Gasteiger charge is -2.21. The fraction of sp³-hybridized carbons (Fsp3) is 0.214. The minimum atomic E-state index is -1.48. The van der Waals surface area contributed by atoms with E-state index >= 15 is 0 Å². The van der Waals surface area contributed by atoms with Gasteiger partial charge in [-0.2, -0.15) is 0 Å². The number of aromatic carboxylic acids is 1. The molecule has 0 fully saturated rings. The fourth-order valence-corrected chi connectivity index (χ4v) is 1.97. The molecule has 5 heteroatoms. The largest absolute Gasteiger partial charge is 0.478 e. The summed E-state index contributed by atoms with van der Waals surface area (Å²) in [6, 6.07) is 6.93. The molecule has 19 heavy (non-hydrogen) atoms. The third-order valence-electron chi connectivity index (χ3n) is 2.85. The van der Waals surface area contributed by atoms with Gasteiger partial charge in [-0.05, 0) is 30.7 Å². The van der Waals surface area contributed by atoms with E-state index in [-0.39, 0.29) is 23.6 Å². The maximum atomic E-state index is 12.8. The van der Waals surface area contributed by atoms with Crippen LogP contribution in [-0.2, 0) is 12.0 Å². The maximum absolute atomic E-state index is 12.8. The van der Waals surface area contributed by atoms with E-state index in [9.17, 15) is 14.3 Å². The van der Waals surface area contributed by atoms with Crippen molar-refractivity contribution in [3.05, 3.63) is 59.3 Å². The highest BCUT2D eigenvalue weighted by atomic mass is 19.1. The number of halogens is 1. The number of rotatable bonds is 4. The molecule has 0 saturated heterocycles. The van der Waals surface area contributed by atoms with E-state index in [2.05, 4.69) is 0 Å². The Hall–Kier alpha value is -2.14. The van der Waals surface area contributed by atoms with Gasteiger partial charge >= 0.3 is 5.97 Å². The number of furan rings is 1. The molecule has 2 aromatic rings. The number of hydrogen-bond acceptors (Lipinski definition) is 3. The van der Waals surface area contributed by atoms with Crippen molar-refractivity contribution in [2.45, 2.75) is 18.9 Å². The zero-order valence-electron chi connectivity index (χ0n) is 10.3. The van der Waals surface area contributed by atoms with E-state index in [4.69, 9.17) is 9.52 Å². The van der Waals surface area contributed by atoms with E-state index in [0.29, 0.717) is 5.56 Å². The lowest BCUT2D eigenvalue weighted by atomic mass is 9.92. The average Bonchev–Trinajstić information content (AvgIpc) is 2.82. The summed E-state index contributed by atoms with van der Waals surface area (Å²) in [5.74, 6) is -1.54. The Morgan fingerprint density at radius 3 is 2.53 bits per heavy atom. The number of carbonyl (C=O) groups is 1. The van der Waals surface area contributed by atoms with Crippen LogP contribution in [0.4, 0.5) is 4.39 Å². The molecule has 1 atom stereocenters. The summed E-state index contributed by atoms with van der Waals surface area (Å²) in [5, 5.41) is 19.4. The van der Waals surface area contributed by atoms with Crippen LogP contribution in [0.2, 0.25) is 0 Å². The highest BCUT2D eigenvalue weighted by molar-refractivity contribution is 5.89. The molecule has 0 aliphatic heterocycles. The molecule has 0 amide bonds. The third kappa shape index (κ3) is 2.82. The Balaban J connectivity index is 2.29. The highest BCUT2D eigenvalue weighted by Crippen LogP contribution is 2.29. The van der Waals surface area contributed by atoms with Crippen LogP contribution in [0, 0.1) is 5.82 Å². The molecule has 2 N–H and O–H groups in total. The van der Waals surface area contributed by atoms with Crippen LogP contribution < -0.4 is 0 Å². The molecule has 0 aliphatic rings. The zero-order valence-corrected chi connectivity index (χ0v) is 10.3.